The van der Waals surface area contributed by atoms with E-state index in [2.05, 4.69) is 19.1 Å². The second-order valence-electron chi connectivity index (χ2n) is 4.55. The van der Waals surface area contributed by atoms with Gasteiger partial charge in [0.1, 0.15) is 5.82 Å². The minimum atomic E-state index is -0.182. The highest BCUT2D eigenvalue weighted by molar-refractivity contribution is 7.98. The van der Waals surface area contributed by atoms with Crippen LogP contribution < -0.4 is 5.73 Å². The van der Waals surface area contributed by atoms with Crippen LogP contribution in [0, 0.1) is 12.7 Å². The van der Waals surface area contributed by atoms with Gasteiger partial charge in [-0.25, -0.2) is 4.39 Å². The van der Waals surface area contributed by atoms with Crippen LogP contribution in [0.4, 0.5) is 4.39 Å². The van der Waals surface area contributed by atoms with Gasteiger partial charge >= 0.3 is 0 Å². The molecule has 0 heterocycles. The van der Waals surface area contributed by atoms with Crippen molar-refractivity contribution in [3.8, 4) is 0 Å². The molecule has 0 unspecified atom stereocenters. The summed E-state index contributed by atoms with van der Waals surface area (Å²) < 4.78 is 13.5. The van der Waals surface area contributed by atoms with Gasteiger partial charge in [0.05, 0.1) is 0 Å². The van der Waals surface area contributed by atoms with E-state index in [0.29, 0.717) is 6.54 Å². The van der Waals surface area contributed by atoms with Crippen LogP contribution in [0.15, 0.2) is 47.4 Å². The summed E-state index contributed by atoms with van der Waals surface area (Å²) in [7, 11) is 0. The summed E-state index contributed by atoms with van der Waals surface area (Å²) in [6.07, 6.45) is 0.718. The van der Waals surface area contributed by atoms with Crippen LogP contribution >= 0.6 is 11.8 Å². The van der Waals surface area contributed by atoms with Crippen molar-refractivity contribution in [1.82, 2.24) is 0 Å². The predicted octanol–water partition coefficient (Wildman–Crippen LogP) is 3.93. The molecule has 0 atom stereocenters. The zero-order valence-electron chi connectivity index (χ0n) is 11.0. The number of hydrogen-bond donors (Lipinski definition) is 1. The molecular weight excluding hydrogens is 257 g/mol. The van der Waals surface area contributed by atoms with E-state index < -0.39 is 0 Å². The van der Waals surface area contributed by atoms with Crippen LogP contribution in [0.2, 0.25) is 0 Å². The average Bonchev–Trinajstić information content (AvgIpc) is 2.37. The third-order valence-electron chi connectivity index (χ3n) is 3.02. The van der Waals surface area contributed by atoms with Crippen molar-refractivity contribution in [1.29, 1.82) is 0 Å². The maximum Gasteiger partial charge on any atom is 0.124 e. The molecule has 3 heteroatoms. The molecule has 2 rings (SSSR count). The Balaban J connectivity index is 2.09. The van der Waals surface area contributed by atoms with Gasteiger partial charge in [-0.1, -0.05) is 24.3 Å². The summed E-state index contributed by atoms with van der Waals surface area (Å²) in [6, 6.07) is 13.5. The molecule has 0 amide bonds. The quantitative estimate of drug-likeness (QED) is 0.837. The molecule has 0 spiro atoms. The van der Waals surface area contributed by atoms with E-state index in [9.17, 15) is 4.39 Å². The molecule has 2 N–H and O–H groups in total. The molecule has 0 aliphatic heterocycles. The number of nitrogens with two attached hydrogens (primary N) is 1. The molecule has 2 aromatic rings. The topological polar surface area (TPSA) is 26.0 Å². The molecule has 0 aromatic heterocycles. The lowest BCUT2D eigenvalue weighted by molar-refractivity contribution is 0.621. The highest BCUT2D eigenvalue weighted by atomic mass is 32.2. The fourth-order valence-electron chi connectivity index (χ4n) is 1.95. The molecule has 100 valence electrons. The summed E-state index contributed by atoms with van der Waals surface area (Å²) in [5.74, 6) is 0.677. The van der Waals surface area contributed by atoms with Gasteiger partial charge in [-0.05, 0) is 54.8 Å². The first-order valence-corrected chi connectivity index (χ1v) is 7.34. The zero-order chi connectivity index (χ0) is 13.7. The van der Waals surface area contributed by atoms with Crippen molar-refractivity contribution in [2.75, 3.05) is 6.54 Å². The van der Waals surface area contributed by atoms with Gasteiger partial charge in [0.2, 0.25) is 0 Å². The SMILES string of the molecule is Cc1ccccc1CSc1cc(F)cc(CCN)c1. The third kappa shape index (κ3) is 4.08. The number of thioether (sulfide) groups is 1. The minimum absolute atomic E-state index is 0.182. The molecular formula is C16H18FNS. The second kappa shape index (κ2) is 6.73. The van der Waals surface area contributed by atoms with Gasteiger partial charge in [0.25, 0.3) is 0 Å². The highest BCUT2D eigenvalue weighted by Crippen LogP contribution is 2.26. The van der Waals surface area contributed by atoms with Crippen LogP contribution in [-0.4, -0.2) is 6.54 Å². The average molecular weight is 275 g/mol. The van der Waals surface area contributed by atoms with Crippen LogP contribution in [0.1, 0.15) is 16.7 Å². The van der Waals surface area contributed by atoms with E-state index in [1.54, 1.807) is 23.9 Å². The van der Waals surface area contributed by atoms with E-state index >= 15 is 0 Å². The molecule has 19 heavy (non-hydrogen) atoms. The summed E-state index contributed by atoms with van der Waals surface area (Å²) >= 11 is 1.66. The normalized spacial score (nSPS) is 10.7. The summed E-state index contributed by atoms with van der Waals surface area (Å²) in [6.45, 7) is 2.65. The molecule has 0 saturated heterocycles. The van der Waals surface area contributed by atoms with Gasteiger partial charge in [-0.3, -0.25) is 0 Å². The molecule has 2 aromatic carbocycles. The first kappa shape index (κ1) is 14.1. The van der Waals surface area contributed by atoms with Crippen molar-refractivity contribution >= 4 is 11.8 Å². The van der Waals surface area contributed by atoms with Crippen LogP contribution in [-0.2, 0) is 12.2 Å². The predicted molar refractivity (Wildman–Crippen MR) is 79.9 cm³/mol. The number of aryl methyl sites for hydroxylation is 1. The molecule has 0 bridgehead atoms. The Morgan fingerprint density at radius 3 is 2.68 bits per heavy atom. The van der Waals surface area contributed by atoms with Gasteiger partial charge in [0.15, 0.2) is 0 Å². The molecule has 0 aliphatic rings. The van der Waals surface area contributed by atoms with E-state index in [0.717, 1.165) is 22.6 Å². The summed E-state index contributed by atoms with van der Waals surface area (Å²) in [5.41, 5.74) is 9.04. The lowest BCUT2D eigenvalue weighted by atomic mass is 10.1. The van der Waals surface area contributed by atoms with Crippen molar-refractivity contribution in [3.05, 3.63) is 65.0 Å². The van der Waals surface area contributed by atoms with Crippen LogP contribution in [0.3, 0.4) is 0 Å². The Hall–Kier alpha value is -1.32. The Morgan fingerprint density at radius 2 is 1.95 bits per heavy atom. The Morgan fingerprint density at radius 1 is 1.16 bits per heavy atom. The first-order chi connectivity index (χ1) is 9.19. The van der Waals surface area contributed by atoms with E-state index in [-0.39, 0.29) is 5.82 Å². The summed E-state index contributed by atoms with van der Waals surface area (Å²) in [4.78, 5) is 0.965. The molecule has 0 saturated carbocycles. The number of halogens is 1. The first-order valence-electron chi connectivity index (χ1n) is 6.36. The van der Waals surface area contributed by atoms with E-state index in [4.69, 9.17) is 5.73 Å². The van der Waals surface area contributed by atoms with E-state index in [1.807, 2.05) is 18.2 Å². The fraction of sp³-hybridized carbons (Fsp3) is 0.250. The van der Waals surface area contributed by atoms with Crippen molar-refractivity contribution in [3.63, 3.8) is 0 Å². The lowest BCUT2D eigenvalue weighted by Crippen LogP contribution is -2.03. The van der Waals surface area contributed by atoms with E-state index in [1.165, 1.54) is 11.1 Å². The van der Waals surface area contributed by atoms with Gasteiger partial charge in [0, 0.05) is 10.6 Å². The Bertz CT molecular complexity index is 554. The Kier molecular flexibility index (Phi) is 5.00. The molecule has 0 radical (unpaired) electrons. The fourth-order valence-corrected chi connectivity index (χ4v) is 3.02. The molecule has 0 aliphatic carbocycles. The monoisotopic (exact) mass is 275 g/mol. The lowest BCUT2D eigenvalue weighted by Gasteiger charge is -2.07. The number of benzene rings is 2. The minimum Gasteiger partial charge on any atom is -0.330 e. The number of hydrogen-bond acceptors (Lipinski definition) is 2. The Labute approximate surface area is 118 Å². The van der Waals surface area contributed by atoms with Crippen molar-refractivity contribution in [2.45, 2.75) is 24.0 Å². The second-order valence-corrected chi connectivity index (χ2v) is 5.60. The smallest absolute Gasteiger partial charge is 0.124 e. The van der Waals surface area contributed by atoms with Gasteiger partial charge in [-0.2, -0.15) is 0 Å². The zero-order valence-corrected chi connectivity index (χ0v) is 11.8. The maximum absolute atomic E-state index is 13.5. The third-order valence-corrected chi connectivity index (χ3v) is 4.04. The van der Waals surface area contributed by atoms with Crippen LogP contribution in [0.5, 0.6) is 0 Å². The summed E-state index contributed by atoms with van der Waals surface area (Å²) in [5, 5.41) is 0. The van der Waals surface area contributed by atoms with Crippen LogP contribution in [0.25, 0.3) is 0 Å². The van der Waals surface area contributed by atoms with Gasteiger partial charge in [-0.15, -0.1) is 11.8 Å². The number of rotatable bonds is 5. The standard InChI is InChI=1S/C16H18FNS/c1-12-4-2-3-5-14(12)11-19-16-9-13(6-7-18)8-15(17)10-16/h2-5,8-10H,6-7,11,18H2,1H3. The largest absolute Gasteiger partial charge is 0.330 e. The highest BCUT2D eigenvalue weighted by Gasteiger charge is 2.03. The molecule has 0 fully saturated rings. The van der Waals surface area contributed by atoms with Gasteiger partial charge < -0.3 is 5.73 Å². The van der Waals surface area contributed by atoms with Crippen molar-refractivity contribution < 1.29 is 4.39 Å². The maximum atomic E-state index is 13.5. The molecule has 1 nitrogen and oxygen atoms in total. The van der Waals surface area contributed by atoms with Crippen molar-refractivity contribution in [2.24, 2.45) is 5.73 Å².